The summed E-state index contributed by atoms with van der Waals surface area (Å²) in [4.78, 5) is 25.3. The van der Waals surface area contributed by atoms with Crippen molar-refractivity contribution < 1.29 is 9.59 Å². The van der Waals surface area contributed by atoms with Crippen LogP contribution in [0, 0.1) is 5.92 Å². The number of benzene rings is 2. The van der Waals surface area contributed by atoms with Gasteiger partial charge >= 0.3 is 0 Å². The Hall–Kier alpha value is -1.78. The fourth-order valence-corrected chi connectivity index (χ4v) is 4.91. The van der Waals surface area contributed by atoms with E-state index in [1.165, 1.54) is 17.8 Å². The second-order valence-electron chi connectivity index (χ2n) is 8.15. The lowest BCUT2D eigenvalue weighted by Crippen LogP contribution is -2.31. The summed E-state index contributed by atoms with van der Waals surface area (Å²) in [7, 11) is 1.80. The molecule has 0 unspecified atom stereocenters. The SMILES string of the molecule is CC(C)C[C@H](NC(=O)c1ccc(Cl)cc1Cl)c1nnc(SCC(=O)Nc2ccc(Br)c(Cl)c2)n1C. The van der Waals surface area contributed by atoms with Gasteiger partial charge in [-0.1, -0.05) is 60.4 Å². The summed E-state index contributed by atoms with van der Waals surface area (Å²) < 4.78 is 2.53. The van der Waals surface area contributed by atoms with Crippen LogP contribution in [0.5, 0.6) is 0 Å². The van der Waals surface area contributed by atoms with E-state index < -0.39 is 6.04 Å². The smallest absolute Gasteiger partial charge is 0.253 e. The van der Waals surface area contributed by atoms with Gasteiger partial charge < -0.3 is 15.2 Å². The standard InChI is InChI=1S/C23H23BrCl3N5O2S/c1-12(2)8-19(29-22(34)15-6-4-13(25)9-17(15)26)21-30-31-23(32(21)3)35-11-20(33)28-14-5-7-16(24)18(27)10-14/h4-7,9-10,12,19H,8,11H2,1-3H3,(H,28,33)(H,29,34)/t19-/m0/s1. The molecule has 35 heavy (non-hydrogen) atoms. The molecule has 0 fully saturated rings. The van der Waals surface area contributed by atoms with Crippen LogP contribution >= 0.6 is 62.5 Å². The van der Waals surface area contributed by atoms with Gasteiger partial charge in [0.25, 0.3) is 5.91 Å². The summed E-state index contributed by atoms with van der Waals surface area (Å²) in [6, 6.07) is 9.51. The van der Waals surface area contributed by atoms with E-state index in [1.807, 2.05) is 0 Å². The fourth-order valence-electron chi connectivity index (χ4n) is 3.27. The average molecular weight is 620 g/mol. The van der Waals surface area contributed by atoms with Crippen molar-refractivity contribution in [2.45, 2.75) is 31.5 Å². The van der Waals surface area contributed by atoms with Crippen molar-refractivity contribution in [3.05, 3.63) is 67.3 Å². The third kappa shape index (κ3) is 7.60. The lowest BCUT2D eigenvalue weighted by Gasteiger charge is -2.20. The van der Waals surface area contributed by atoms with Crippen LogP contribution in [-0.4, -0.2) is 32.3 Å². The molecule has 7 nitrogen and oxygen atoms in total. The molecule has 3 aromatic rings. The maximum Gasteiger partial charge on any atom is 0.253 e. The molecule has 0 aliphatic rings. The van der Waals surface area contributed by atoms with Crippen LogP contribution in [-0.2, 0) is 11.8 Å². The highest BCUT2D eigenvalue weighted by atomic mass is 79.9. The van der Waals surface area contributed by atoms with Crippen LogP contribution in [0.25, 0.3) is 0 Å². The molecule has 1 atom stereocenters. The Morgan fingerprint density at radius 1 is 1.09 bits per heavy atom. The van der Waals surface area contributed by atoms with Crippen molar-refractivity contribution >= 4 is 80.0 Å². The van der Waals surface area contributed by atoms with Crippen LogP contribution in [0.2, 0.25) is 15.1 Å². The van der Waals surface area contributed by atoms with E-state index in [2.05, 4.69) is 50.6 Å². The first kappa shape index (κ1) is 27.8. The highest BCUT2D eigenvalue weighted by molar-refractivity contribution is 9.10. The number of nitrogens with one attached hydrogen (secondary N) is 2. The third-order valence-corrected chi connectivity index (χ3v) is 7.70. The van der Waals surface area contributed by atoms with E-state index in [4.69, 9.17) is 34.8 Å². The van der Waals surface area contributed by atoms with Gasteiger partial charge in [0.2, 0.25) is 5.91 Å². The molecule has 0 radical (unpaired) electrons. The normalized spacial score (nSPS) is 12.0. The van der Waals surface area contributed by atoms with E-state index in [-0.39, 0.29) is 28.5 Å². The number of carbonyl (C=O) groups is 2. The molecular weight excluding hydrogens is 597 g/mol. The molecule has 2 N–H and O–H groups in total. The molecule has 2 amide bonds. The molecule has 186 valence electrons. The molecule has 0 aliphatic heterocycles. The molecule has 1 heterocycles. The molecular formula is C23H23BrCl3N5O2S. The Labute approximate surface area is 231 Å². The number of nitrogens with zero attached hydrogens (tertiary/aromatic N) is 3. The minimum absolute atomic E-state index is 0.126. The van der Waals surface area contributed by atoms with Gasteiger partial charge in [0, 0.05) is 22.2 Å². The Morgan fingerprint density at radius 2 is 1.83 bits per heavy atom. The van der Waals surface area contributed by atoms with Crippen LogP contribution in [0.4, 0.5) is 5.69 Å². The number of hydrogen-bond donors (Lipinski definition) is 2. The summed E-state index contributed by atoms with van der Waals surface area (Å²) in [5.74, 6) is 0.447. The van der Waals surface area contributed by atoms with Crippen molar-refractivity contribution in [3.63, 3.8) is 0 Å². The molecule has 2 aromatic carbocycles. The highest BCUT2D eigenvalue weighted by Gasteiger charge is 2.24. The Morgan fingerprint density at radius 3 is 2.49 bits per heavy atom. The van der Waals surface area contributed by atoms with Crippen LogP contribution in [0.3, 0.4) is 0 Å². The molecule has 0 saturated carbocycles. The Balaban J connectivity index is 1.69. The molecule has 12 heteroatoms. The van der Waals surface area contributed by atoms with Gasteiger partial charge in [-0.15, -0.1) is 10.2 Å². The Bertz CT molecular complexity index is 1240. The molecule has 3 rings (SSSR count). The van der Waals surface area contributed by atoms with Gasteiger partial charge in [-0.2, -0.15) is 0 Å². The Kier molecular flexibility index (Phi) is 9.89. The summed E-state index contributed by atoms with van der Waals surface area (Å²) >= 11 is 22.8. The van der Waals surface area contributed by atoms with Crippen LogP contribution in [0.1, 0.15) is 42.5 Å². The van der Waals surface area contributed by atoms with Crippen LogP contribution in [0.15, 0.2) is 46.0 Å². The summed E-state index contributed by atoms with van der Waals surface area (Å²) in [5, 5.41) is 16.1. The minimum Gasteiger partial charge on any atom is -0.342 e. The fraction of sp³-hybridized carbons (Fsp3) is 0.304. The number of hydrogen-bond acceptors (Lipinski definition) is 5. The number of carbonyl (C=O) groups excluding carboxylic acids is 2. The number of amides is 2. The van der Waals surface area contributed by atoms with E-state index in [1.54, 1.807) is 41.9 Å². The van der Waals surface area contributed by atoms with E-state index in [9.17, 15) is 9.59 Å². The van der Waals surface area contributed by atoms with E-state index in [0.29, 0.717) is 38.7 Å². The van der Waals surface area contributed by atoms with Gasteiger partial charge in [0.1, 0.15) is 0 Å². The first-order valence-electron chi connectivity index (χ1n) is 10.6. The maximum absolute atomic E-state index is 12.9. The molecule has 0 saturated heterocycles. The molecule has 1 aromatic heterocycles. The zero-order valence-electron chi connectivity index (χ0n) is 19.1. The van der Waals surface area contributed by atoms with Gasteiger partial charge in [-0.3, -0.25) is 9.59 Å². The first-order chi connectivity index (χ1) is 16.5. The van der Waals surface area contributed by atoms with Crippen LogP contribution < -0.4 is 10.6 Å². The second-order valence-corrected chi connectivity index (χ2v) is 11.2. The first-order valence-corrected chi connectivity index (χ1v) is 13.5. The highest BCUT2D eigenvalue weighted by Crippen LogP contribution is 2.27. The van der Waals surface area contributed by atoms with Crippen molar-refractivity contribution in [1.82, 2.24) is 20.1 Å². The number of rotatable bonds is 9. The lowest BCUT2D eigenvalue weighted by atomic mass is 10.0. The van der Waals surface area contributed by atoms with Crippen molar-refractivity contribution in [2.24, 2.45) is 13.0 Å². The number of thioether (sulfide) groups is 1. The van der Waals surface area contributed by atoms with Gasteiger partial charge in [0.05, 0.1) is 27.4 Å². The monoisotopic (exact) mass is 617 g/mol. The zero-order valence-corrected chi connectivity index (χ0v) is 23.8. The average Bonchev–Trinajstić information content (AvgIpc) is 3.14. The predicted octanol–water partition coefficient (Wildman–Crippen LogP) is 6.79. The number of anilines is 1. The summed E-state index contributed by atoms with van der Waals surface area (Å²) in [6.45, 7) is 4.11. The second kappa shape index (κ2) is 12.5. The van der Waals surface area contributed by atoms with E-state index in [0.717, 1.165) is 4.47 Å². The zero-order chi connectivity index (χ0) is 25.7. The molecule has 0 bridgehead atoms. The topological polar surface area (TPSA) is 88.9 Å². The minimum atomic E-state index is -0.403. The van der Waals surface area contributed by atoms with Crippen molar-refractivity contribution in [2.75, 3.05) is 11.1 Å². The van der Waals surface area contributed by atoms with Gasteiger partial charge in [-0.05, 0) is 64.7 Å². The van der Waals surface area contributed by atoms with E-state index >= 15 is 0 Å². The summed E-state index contributed by atoms with van der Waals surface area (Å²) in [5.41, 5.74) is 0.925. The number of halogens is 4. The lowest BCUT2D eigenvalue weighted by molar-refractivity contribution is -0.113. The largest absolute Gasteiger partial charge is 0.342 e. The van der Waals surface area contributed by atoms with Crippen molar-refractivity contribution in [3.8, 4) is 0 Å². The maximum atomic E-state index is 12.9. The third-order valence-electron chi connectivity index (χ3n) is 4.90. The van der Waals surface area contributed by atoms with Gasteiger partial charge in [0.15, 0.2) is 11.0 Å². The summed E-state index contributed by atoms with van der Waals surface area (Å²) in [6.07, 6.45) is 0.637. The quantitative estimate of drug-likeness (QED) is 0.258. The number of aromatic nitrogens is 3. The molecule has 0 aliphatic carbocycles. The predicted molar refractivity (Wildman–Crippen MR) is 146 cm³/mol. The van der Waals surface area contributed by atoms with Gasteiger partial charge in [-0.25, -0.2) is 0 Å². The molecule has 0 spiro atoms. The van der Waals surface area contributed by atoms with Crippen molar-refractivity contribution in [1.29, 1.82) is 0 Å².